The van der Waals surface area contributed by atoms with Crippen LogP contribution in [0.5, 0.6) is 5.75 Å². The number of unbranched alkanes of at least 4 members (excludes halogenated alkanes) is 1. The molecular formula is C29H39FN2O6. The Morgan fingerprint density at radius 3 is 2.71 bits per heavy atom. The second-order valence-corrected chi connectivity index (χ2v) is 10.4. The van der Waals surface area contributed by atoms with Gasteiger partial charge < -0.3 is 35.1 Å². The van der Waals surface area contributed by atoms with Crippen molar-refractivity contribution in [3.8, 4) is 16.9 Å². The lowest BCUT2D eigenvalue weighted by Gasteiger charge is -2.55. The molecule has 2 fully saturated rings. The first kappa shape index (κ1) is 28.4. The van der Waals surface area contributed by atoms with E-state index in [-0.39, 0.29) is 31.1 Å². The minimum Gasteiger partial charge on any atom is -0.497 e. The Hall–Kier alpha value is -2.56. The number of morpholine rings is 1. The fourth-order valence-electron chi connectivity index (χ4n) is 6.27. The number of rotatable bonds is 11. The van der Waals surface area contributed by atoms with E-state index in [9.17, 15) is 15.0 Å². The molecule has 2 aliphatic rings. The van der Waals surface area contributed by atoms with Crippen molar-refractivity contribution in [2.24, 2.45) is 11.7 Å². The lowest BCUT2D eigenvalue weighted by Crippen LogP contribution is -2.66. The van der Waals surface area contributed by atoms with Gasteiger partial charge in [0.25, 0.3) is 0 Å². The predicted octanol–water partition coefficient (Wildman–Crippen LogP) is 2.83. The van der Waals surface area contributed by atoms with Crippen LogP contribution in [0, 0.1) is 11.7 Å². The van der Waals surface area contributed by atoms with Crippen LogP contribution in [-0.4, -0.2) is 79.8 Å². The molecule has 0 bridgehead atoms. The first-order chi connectivity index (χ1) is 18.3. The Kier molecular flexibility index (Phi) is 9.05. The number of hydrogen-bond donors (Lipinski definition) is 3. The molecule has 0 aromatic heterocycles. The molecule has 5 atom stereocenters. The van der Waals surface area contributed by atoms with E-state index in [0.29, 0.717) is 55.7 Å². The second-order valence-electron chi connectivity index (χ2n) is 10.4. The Morgan fingerprint density at radius 2 is 2.03 bits per heavy atom. The van der Waals surface area contributed by atoms with Crippen molar-refractivity contribution in [1.29, 1.82) is 0 Å². The van der Waals surface area contributed by atoms with Crippen molar-refractivity contribution in [1.82, 2.24) is 4.90 Å². The highest BCUT2D eigenvalue weighted by Crippen LogP contribution is 2.53. The summed E-state index contributed by atoms with van der Waals surface area (Å²) in [5.41, 5.74) is 4.35. The third-order valence-corrected chi connectivity index (χ3v) is 8.22. The van der Waals surface area contributed by atoms with Gasteiger partial charge in [-0.1, -0.05) is 24.3 Å². The lowest BCUT2D eigenvalue weighted by molar-refractivity contribution is -0.246. The summed E-state index contributed by atoms with van der Waals surface area (Å²) < 4.78 is 32.9. The number of halogens is 1. The molecule has 4 N–H and O–H groups in total. The van der Waals surface area contributed by atoms with Gasteiger partial charge in [-0.3, -0.25) is 4.79 Å². The van der Waals surface area contributed by atoms with E-state index in [1.807, 2.05) is 0 Å². The minimum atomic E-state index is -1.72. The van der Waals surface area contributed by atoms with Gasteiger partial charge in [-0.25, -0.2) is 4.39 Å². The third kappa shape index (κ3) is 5.31. The molecule has 4 rings (SSSR count). The van der Waals surface area contributed by atoms with Crippen molar-refractivity contribution >= 4 is 6.41 Å². The molecular weight excluding hydrogens is 491 g/mol. The van der Waals surface area contributed by atoms with E-state index in [4.69, 9.17) is 19.9 Å². The number of hydrogen-bond acceptors (Lipinski definition) is 7. The summed E-state index contributed by atoms with van der Waals surface area (Å²) in [5, 5.41) is 23.6. The van der Waals surface area contributed by atoms with Gasteiger partial charge in [0.15, 0.2) is 0 Å². The SMILES string of the molecule is COCCCC[C@@](O)(c1cccc(F)c1-c1cccc(OC)c1)[C@@]1([C@H]2C[C@@H](N)[C@@H](O)C2)CN(C=O)CCO1. The molecule has 1 heterocycles. The van der Waals surface area contributed by atoms with Crippen LogP contribution in [0.25, 0.3) is 11.1 Å². The van der Waals surface area contributed by atoms with Crippen LogP contribution >= 0.6 is 0 Å². The number of aliphatic hydroxyl groups is 2. The van der Waals surface area contributed by atoms with E-state index in [1.165, 1.54) is 6.07 Å². The first-order valence-electron chi connectivity index (χ1n) is 13.2. The monoisotopic (exact) mass is 530 g/mol. The Balaban J connectivity index is 1.93. The van der Waals surface area contributed by atoms with Gasteiger partial charge in [-0.05, 0) is 67.3 Å². The maximum Gasteiger partial charge on any atom is 0.209 e. The normalized spacial score (nSPS) is 27.2. The topological polar surface area (TPSA) is 114 Å². The number of nitrogens with zero attached hydrogens (tertiary/aromatic N) is 1. The van der Waals surface area contributed by atoms with Gasteiger partial charge in [0.1, 0.15) is 22.8 Å². The molecule has 0 radical (unpaired) electrons. The van der Waals surface area contributed by atoms with Crippen LogP contribution in [-0.2, 0) is 19.9 Å². The van der Waals surface area contributed by atoms with Gasteiger partial charge in [0.05, 0.1) is 26.4 Å². The van der Waals surface area contributed by atoms with Crippen LogP contribution in [0.15, 0.2) is 42.5 Å². The smallest absolute Gasteiger partial charge is 0.209 e. The van der Waals surface area contributed by atoms with Crippen molar-refractivity contribution in [2.75, 3.05) is 40.5 Å². The summed E-state index contributed by atoms with van der Waals surface area (Å²) in [6.45, 7) is 1.17. The number of methoxy groups -OCH3 is 2. The number of nitrogens with two attached hydrogens (primary N) is 1. The van der Waals surface area contributed by atoms with Crippen molar-refractivity contribution in [3.63, 3.8) is 0 Å². The molecule has 1 aliphatic carbocycles. The van der Waals surface area contributed by atoms with E-state index in [2.05, 4.69) is 0 Å². The Bertz CT molecular complexity index is 1090. The average Bonchev–Trinajstić information content (AvgIpc) is 3.28. The Labute approximate surface area is 223 Å². The highest BCUT2D eigenvalue weighted by Gasteiger charge is 2.61. The third-order valence-electron chi connectivity index (χ3n) is 8.22. The van der Waals surface area contributed by atoms with Crippen molar-refractivity contribution in [3.05, 3.63) is 53.8 Å². The summed E-state index contributed by atoms with van der Waals surface area (Å²) in [5.74, 6) is -0.308. The maximum atomic E-state index is 15.7. The van der Waals surface area contributed by atoms with E-state index in [1.54, 1.807) is 55.5 Å². The summed E-state index contributed by atoms with van der Waals surface area (Å²) in [4.78, 5) is 13.6. The highest BCUT2D eigenvalue weighted by molar-refractivity contribution is 5.71. The average molecular weight is 531 g/mol. The molecule has 208 valence electrons. The summed E-state index contributed by atoms with van der Waals surface area (Å²) in [7, 11) is 3.16. The molecule has 0 unspecified atom stereocenters. The largest absolute Gasteiger partial charge is 0.497 e. The Morgan fingerprint density at radius 1 is 1.24 bits per heavy atom. The number of benzene rings is 2. The number of ether oxygens (including phenoxy) is 3. The lowest BCUT2D eigenvalue weighted by atomic mass is 9.65. The van der Waals surface area contributed by atoms with E-state index >= 15 is 4.39 Å². The molecule has 8 nitrogen and oxygen atoms in total. The van der Waals surface area contributed by atoms with Crippen LogP contribution in [0.1, 0.15) is 37.7 Å². The molecule has 1 saturated heterocycles. The van der Waals surface area contributed by atoms with Crippen molar-refractivity contribution in [2.45, 2.75) is 55.5 Å². The van der Waals surface area contributed by atoms with Crippen LogP contribution < -0.4 is 10.5 Å². The molecule has 1 aliphatic heterocycles. The minimum absolute atomic E-state index is 0.0927. The van der Waals surface area contributed by atoms with Gasteiger partial charge in [-0.15, -0.1) is 0 Å². The molecule has 1 saturated carbocycles. The molecule has 9 heteroatoms. The van der Waals surface area contributed by atoms with E-state index in [0.717, 1.165) is 6.41 Å². The zero-order valence-electron chi connectivity index (χ0n) is 22.1. The molecule has 38 heavy (non-hydrogen) atoms. The first-order valence-corrected chi connectivity index (χ1v) is 13.2. The van der Waals surface area contributed by atoms with Crippen LogP contribution in [0.3, 0.4) is 0 Å². The summed E-state index contributed by atoms with van der Waals surface area (Å²) in [6, 6.07) is 11.2. The predicted molar refractivity (Wildman–Crippen MR) is 141 cm³/mol. The van der Waals surface area contributed by atoms with Gasteiger partial charge >= 0.3 is 0 Å². The highest BCUT2D eigenvalue weighted by atomic mass is 19.1. The summed E-state index contributed by atoms with van der Waals surface area (Å²) >= 11 is 0. The standard InChI is InChI=1S/C29H39FN2O6/c1-36-13-4-3-11-28(35,23-9-6-10-24(30)27(23)20-7-5-8-22(15-20)37-2)29(18-32(19-33)12-14-38-29)21-16-25(31)26(34)17-21/h5-10,15,19,21,25-26,34-35H,3-4,11-14,16-18,31H2,1-2H3/t21-,25+,26-,28+,29-/m0/s1. The number of carbonyl (C=O) groups excluding carboxylic acids is 1. The van der Waals surface area contributed by atoms with Gasteiger partial charge in [0, 0.05) is 31.9 Å². The quantitative estimate of drug-likeness (QED) is 0.302. The molecule has 2 aromatic rings. The fourth-order valence-corrected chi connectivity index (χ4v) is 6.27. The van der Waals surface area contributed by atoms with Crippen LogP contribution in [0.2, 0.25) is 0 Å². The summed E-state index contributed by atoms with van der Waals surface area (Å²) in [6.07, 6.45) is 2.15. The van der Waals surface area contributed by atoms with E-state index < -0.39 is 29.2 Å². The fraction of sp³-hybridized carbons (Fsp3) is 0.552. The molecule has 2 aromatic carbocycles. The van der Waals surface area contributed by atoms with Crippen LogP contribution in [0.4, 0.5) is 4.39 Å². The van der Waals surface area contributed by atoms with Crippen molar-refractivity contribution < 1.29 is 33.6 Å². The molecule has 0 spiro atoms. The number of carbonyl (C=O) groups is 1. The second kappa shape index (κ2) is 12.1. The zero-order valence-corrected chi connectivity index (χ0v) is 22.1. The maximum absolute atomic E-state index is 15.7. The zero-order chi connectivity index (χ0) is 27.3. The number of amides is 1. The van der Waals surface area contributed by atoms with Gasteiger partial charge in [0.2, 0.25) is 6.41 Å². The number of aliphatic hydroxyl groups excluding tert-OH is 1. The van der Waals surface area contributed by atoms with Gasteiger partial charge in [-0.2, -0.15) is 0 Å². The molecule has 1 amide bonds.